The van der Waals surface area contributed by atoms with Crippen LogP contribution >= 0.6 is 0 Å². The smallest absolute Gasteiger partial charge is 0.252 e. The highest BCUT2D eigenvalue weighted by Crippen LogP contribution is 2.40. The third kappa shape index (κ3) is 3.54. The first kappa shape index (κ1) is 17.9. The van der Waals surface area contributed by atoms with Gasteiger partial charge in [0.15, 0.2) is 11.5 Å². The Morgan fingerprint density at radius 3 is 2.54 bits per heavy atom. The number of carbonyl (C=O) groups excluding carboxylic acids is 1. The molecule has 1 atom stereocenters. The normalized spacial score (nSPS) is 13.7. The molecule has 1 heterocycles. The van der Waals surface area contributed by atoms with Crippen LogP contribution in [0.15, 0.2) is 30.3 Å². The lowest BCUT2D eigenvalue weighted by atomic mass is 10.0. The van der Waals surface area contributed by atoms with Gasteiger partial charge in [-0.2, -0.15) is 0 Å². The second kappa shape index (κ2) is 7.56. The van der Waals surface area contributed by atoms with Crippen LogP contribution in [0.4, 0.5) is 0 Å². The summed E-state index contributed by atoms with van der Waals surface area (Å²) < 4.78 is 21.9. The van der Waals surface area contributed by atoms with Crippen molar-refractivity contribution >= 4 is 5.91 Å². The summed E-state index contributed by atoms with van der Waals surface area (Å²) in [4.78, 5) is 12.8. The summed E-state index contributed by atoms with van der Waals surface area (Å²) in [5.74, 6) is 2.04. The number of rotatable bonds is 5. The first-order valence-electron chi connectivity index (χ1n) is 8.46. The van der Waals surface area contributed by atoms with E-state index < -0.39 is 0 Å². The van der Waals surface area contributed by atoms with Crippen molar-refractivity contribution in [2.45, 2.75) is 19.9 Å². The maximum Gasteiger partial charge on any atom is 0.252 e. The summed E-state index contributed by atoms with van der Waals surface area (Å²) in [7, 11) is 3.16. The summed E-state index contributed by atoms with van der Waals surface area (Å²) in [5, 5.41) is 3.00. The van der Waals surface area contributed by atoms with Gasteiger partial charge in [-0.25, -0.2) is 0 Å². The fourth-order valence-corrected chi connectivity index (χ4v) is 2.95. The topological polar surface area (TPSA) is 66.0 Å². The Kier molecular flexibility index (Phi) is 5.21. The second-order valence-electron chi connectivity index (χ2n) is 6.14. The zero-order chi connectivity index (χ0) is 18.7. The van der Waals surface area contributed by atoms with Crippen LogP contribution in [0.1, 0.15) is 34.5 Å². The number of ether oxygens (including phenoxy) is 4. The van der Waals surface area contributed by atoms with Crippen LogP contribution in [0.3, 0.4) is 0 Å². The van der Waals surface area contributed by atoms with Crippen LogP contribution in [0.2, 0.25) is 0 Å². The number of methoxy groups -OCH3 is 2. The molecule has 3 rings (SSSR count). The predicted molar refractivity (Wildman–Crippen MR) is 97.6 cm³/mol. The molecule has 0 aromatic heterocycles. The van der Waals surface area contributed by atoms with Gasteiger partial charge in [-0.15, -0.1) is 0 Å². The van der Waals surface area contributed by atoms with Gasteiger partial charge in [0.1, 0.15) is 19.0 Å². The fourth-order valence-electron chi connectivity index (χ4n) is 2.95. The Morgan fingerprint density at radius 1 is 1.08 bits per heavy atom. The standard InChI is InChI=1S/C20H23NO5/c1-12-5-6-16(23-3)15(9-12)13(2)21-20(22)14-10-17(24-4)19-18(11-14)25-7-8-26-19/h5-6,9-11,13H,7-8H2,1-4H3,(H,21,22)/t13-/m1/s1. The number of aryl methyl sites for hydroxylation is 1. The lowest BCUT2D eigenvalue weighted by molar-refractivity contribution is 0.0937. The van der Waals surface area contributed by atoms with E-state index in [4.69, 9.17) is 18.9 Å². The summed E-state index contributed by atoms with van der Waals surface area (Å²) in [6, 6.07) is 8.99. The van der Waals surface area contributed by atoms with E-state index in [0.29, 0.717) is 36.0 Å². The minimum Gasteiger partial charge on any atom is -0.496 e. The summed E-state index contributed by atoms with van der Waals surface area (Å²) in [6.07, 6.45) is 0. The van der Waals surface area contributed by atoms with Gasteiger partial charge in [-0.3, -0.25) is 4.79 Å². The summed E-state index contributed by atoms with van der Waals surface area (Å²) in [6.45, 7) is 4.82. The molecule has 2 aromatic carbocycles. The average Bonchev–Trinajstić information content (AvgIpc) is 2.66. The lowest BCUT2D eigenvalue weighted by Crippen LogP contribution is -2.27. The molecule has 1 aliphatic rings. The zero-order valence-electron chi connectivity index (χ0n) is 15.4. The van der Waals surface area contributed by atoms with Gasteiger partial charge in [0.2, 0.25) is 5.75 Å². The van der Waals surface area contributed by atoms with Gasteiger partial charge in [0.25, 0.3) is 5.91 Å². The molecule has 1 N–H and O–H groups in total. The number of hydrogen-bond donors (Lipinski definition) is 1. The molecule has 6 heteroatoms. The average molecular weight is 357 g/mol. The third-order valence-corrected chi connectivity index (χ3v) is 4.29. The summed E-state index contributed by atoms with van der Waals surface area (Å²) >= 11 is 0. The van der Waals surface area contributed by atoms with Crippen molar-refractivity contribution in [1.82, 2.24) is 5.32 Å². The van der Waals surface area contributed by atoms with E-state index in [1.165, 1.54) is 7.11 Å². The highest BCUT2D eigenvalue weighted by Gasteiger charge is 2.22. The van der Waals surface area contributed by atoms with Gasteiger partial charge < -0.3 is 24.3 Å². The molecule has 0 aliphatic carbocycles. The molecule has 138 valence electrons. The van der Waals surface area contributed by atoms with E-state index in [1.54, 1.807) is 19.2 Å². The number of carbonyl (C=O) groups is 1. The Labute approximate surface area is 153 Å². The number of hydrogen-bond acceptors (Lipinski definition) is 5. The molecule has 0 bridgehead atoms. The molecule has 0 spiro atoms. The highest BCUT2D eigenvalue weighted by atomic mass is 16.6. The van der Waals surface area contributed by atoms with E-state index in [9.17, 15) is 4.79 Å². The van der Waals surface area contributed by atoms with Crippen molar-refractivity contribution in [2.75, 3.05) is 27.4 Å². The molecule has 0 saturated heterocycles. The quantitative estimate of drug-likeness (QED) is 0.890. The molecule has 1 amide bonds. The van der Waals surface area contributed by atoms with Gasteiger partial charge in [-0.05, 0) is 32.0 Å². The Balaban J connectivity index is 1.85. The molecule has 0 unspecified atom stereocenters. The van der Waals surface area contributed by atoms with E-state index in [0.717, 1.165) is 16.9 Å². The number of nitrogens with one attached hydrogen (secondary N) is 1. The summed E-state index contributed by atoms with van der Waals surface area (Å²) in [5.41, 5.74) is 2.47. The minimum atomic E-state index is -0.226. The van der Waals surface area contributed by atoms with Crippen LogP contribution in [-0.4, -0.2) is 33.3 Å². The van der Waals surface area contributed by atoms with Crippen molar-refractivity contribution < 1.29 is 23.7 Å². The SMILES string of the molecule is COc1ccc(C)cc1[C@@H](C)NC(=O)c1cc(OC)c2c(c1)OCCO2. The Bertz CT molecular complexity index is 801. The Hall–Kier alpha value is -2.89. The second-order valence-corrected chi connectivity index (χ2v) is 6.14. The first-order chi connectivity index (χ1) is 12.5. The van der Waals surface area contributed by atoms with Gasteiger partial charge in [-0.1, -0.05) is 17.7 Å². The van der Waals surface area contributed by atoms with Crippen molar-refractivity contribution in [1.29, 1.82) is 0 Å². The van der Waals surface area contributed by atoms with Crippen LogP contribution in [-0.2, 0) is 0 Å². The predicted octanol–water partition coefficient (Wildman–Crippen LogP) is 3.27. The molecule has 26 heavy (non-hydrogen) atoms. The van der Waals surface area contributed by atoms with Crippen LogP contribution in [0.25, 0.3) is 0 Å². The Morgan fingerprint density at radius 2 is 1.81 bits per heavy atom. The lowest BCUT2D eigenvalue weighted by Gasteiger charge is -2.22. The van der Waals surface area contributed by atoms with Gasteiger partial charge in [0.05, 0.1) is 20.3 Å². The number of benzene rings is 2. The maximum atomic E-state index is 12.8. The molecule has 6 nitrogen and oxygen atoms in total. The van der Waals surface area contributed by atoms with Gasteiger partial charge in [0, 0.05) is 11.1 Å². The molecular formula is C20H23NO5. The molecule has 0 fully saturated rings. The largest absolute Gasteiger partial charge is 0.496 e. The molecule has 2 aromatic rings. The van der Waals surface area contributed by atoms with Crippen molar-refractivity contribution in [3.63, 3.8) is 0 Å². The van der Waals surface area contributed by atoms with Crippen LogP contribution in [0, 0.1) is 6.92 Å². The molecular weight excluding hydrogens is 334 g/mol. The molecule has 1 aliphatic heterocycles. The number of amides is 1. The van der Waals surface area contributed by atoms with Crippen molar-refractivity contribution in [3.8, 4) is 23.0 Å². The molecule has 0 radical (unpaired) electrons. The molecule has 0 saturated carbocycles. The minimum absolute atomic E-state index is 0.225. The van der Waals surface area contributed by atoms with E-state index in [2.05, 4.69) is 5.32 Å². The first-order valence-corrected chi connectivity index (χ1v) is 8.46. The van der Waals surface area contributed by atoms with E-state index in [1.807, 2.05) is 32.0 Å². The van der Waals surface area contributed by atoms with Crippen molar-refractivity contribution in [2.24, 2.45) is 0 Å². The highest BCUT2D eigenvalue weighted by molar-refractivity contribution is 5.96. The van der Waals surface area contributed by atoms with Crippen LogP contribution < -0.4 is 24.3 Å². The monoisotopic (exact) mass is 357 g/mol. The van der Waals surface area contributed by atoms with Crippen molar-refractivity contribution in [3.05, 3.63) is 47.0 Å². The fraction of sp³-hybridized carbons (Fsp3) is 0.350. The zero-order valence-corrected chi connectivity index (χ0v) is 15.4. The number of fused-ring (bicyclic) bond motifs is 1. The van der Waals surface area contributed by atoms with E-state index in [-0.39, 0.29) is 11.9 Å². The van der Waals surface area contributed by atoms with E-state index >= 15 is 0 Å². The maximum absolute atomic E-state index is 12.8. The third-order valence-electron chi connectivity index (χ3n) is 4.29. The van der Waals surface area contributed by atoms with Gasteiger partial charge >= 0.3 is 0 Å². The van der Waals surface area contributed by atoms with Crippen LogP contribution in [0.5, 0.6) is 23.0 Å².